The Balaban J connectivity index is 1.69. The van der Waals surface area contributed by atoms with Crippen LogP contribution in [-0.2, 0) is 11.8 Å². The number of pyridine rings is 1. The summed E-state index contributed by atoms with van der Waals surface area (Å²) < 4.78 is 10.9. The predicted octanol–water partition coefficient (Wildman–Crippen LogP) is 3.45. The lowest BCUT2D eigenvalue weighted by Gasteiger charge is -2.37. The first kappa shape index (κ1) is 21.0. The van der Waals surface area contributed by atoms with Gasteiger partial charge in [0.15, 0.2) is 17.5 Å². The number of ether oxygens (including phenoxy) is 2. The van der Waals surface area contributed by atoms with Crippen LogP contribution in [0.5, 0.6) is 11.5 Å². The molecule has 6 nitrogen and oxygen atoms in total. The Morgan fingerprint density at radius 3 is 2.59 bits per heavy atom. The molecule has 0 saturated heterocycles. The Hall–Kier alpha value is -2.76. The van der Waals surface area contributed by atoms with Gasteiger partial charge in [-0.3, -0.25) is 9.98 Å². The van der Waals surface area contributed by atoms with Crippen molar-refractivity contribution in [2.75, 3.05) is 27.3 Å². The van der Waals surface area contributed by atoms with Gasteiger partial charge in [0, 0.05) is 30.3 Å². The molecule has 3 N–H and O–H groups in total. The van der Waals surface area contributed by atoms with Crippen LogP contribution in [-0.4, -0.2) is 38.3 Å². The first-order valence-electron chi connectivity index (χ1n) is 10.3. The summed E-state index contributed by atoms with van der Waals surface area (Å²) in [5.74, 6) is 2.01. The lowest BCUT2D eigenvalue weighted by atomic mass is 9.69. The van der Waals surface area contributed by atoms with Crippen LogP contribution in [0.15, 0.2) is 47.6 Å². The summed E-state index contributed by atoms with van der Waals surface area (Å²) in [6.07, 6.45) is 8.52. The SMILES string of the molecule is COc1ccc(C2(CN=C(N)NCCc3ccccn3)CCCCC2)cc1OC. The van der Waals surface area contributed by atoms with E-state index in [1.54, 1.807) is 14.2 Å². The van der Waals surface area contributed by atoms with E-state index in [1.807, 2.05) is 30.5 Å². The third-order valence-corrected chi connectivity index (χ3v) is 5.77. The van der Waals surface area contributed by atoms with E-state index in [-0.39, 0.29) is 5.41 Å². The van der Waals surface area contributed by atoms with Gasteiger partial charge in [-0.15, -0.1) is 0 Å². The molecular formula is C23H32N4O2. The normalized spacial score (nSPS) is 16.3. The molecule has 6 heteroatoms. The second-order valence-corrected chi connectivity index (χ2v) is 7.61. The highest BCUT2D eigenvalue weighted by molar-refractivity contribution is 5.77. The Labute approximate surface area is 173 Å². The van der Waals surface area contributed by atoms with Crippen molar-refractivity contribution in [3.05, 3.63) is 53.9 Å². The van der Waals surface area contributed by atoms with E-state index in [1.165, 1.54) is 24.8 Å². The summed E-state index contributed by atoms with van der Waals surface area (Å²) >= 11 is 0. The number of methoxy groups -OCH3 is 2. The summed E-state index contributed by atoms with van der Waals surface area (Å²) in [6.45, 7) is 1.39. The van der Waals surface area contributed by atoms with Crippen molar-refractivity contribution in [3.8, 4) is 11.5 Å². The number of guanidine groups is 1. The van der Waals surface area contributed by atoms with E-state index in [0.29, 0.717) is 12.5 Å². The number of hydrogen-bond acceptors (Lipinski definition) is 4. The molecular weight excluding hydrogens is 364 g/mol. The molecule has 3 rings (SSSR count). The largest absolute Gasteiger partial charge is 0.493 e. The Morgan fingerprint density at radius 2 is 1.90 bits per heavy atom. The highest BCUT2D eigenvalue weighted by atomic mass is 16.5. The molecule has 1 fully saturated rings. The molecule has 0 spiro atoms. The summed E-state index contributed by atoms with van der Waals surface area (Å²) in [5.41, 5.74) is 8.45. The van der Waals surface area contributed by atoms with Crippen molar-refractivity contribution in [2.45, 2.75) is 43.9 Å². The molecule has 156 valence electrons. The van der Waals surface area contributed by atoms with E-state index in [2.05, 4.69) is 22.4 Å². The van der Waals surface area contributed by atoms with Crippen molar-refractivity contribution < 1.29 is 9.47 Å². The van der Waals surface area contributed by atoms with Gasteiger partial charge in [0.25, 0.3) is 0 Å². The number of nitrogens with two attached hydrogens (primary N) is 1. The minimum Gasteiger partial charge on any atom is -0.493 e. The average molecular weight is 397 g/mol. The summed E-state index contributed by atoms with van der Waals surface area (Å²) in [5, 5.41) is 3.22. The molecule has 1 saturated carbocycles. The predicted molar refractivity (Wildman–Crippen MR) is 117 cm³/mol. The number of aromatic nitrogens is 1. The maximum atomic E-state index is 6.17. The van der Waals surface area contributed by atoms with Crippen LogP contribution in [0, 0.1) is 0 Å². The number of nitrogens with one attached hydrogen (secondary N) is 1. The maximum absolute atomic E-state index is 6.17. The van der Waals surface area contributed by atoms with Gasteiger partial charge in [-0.05, 0) is 42.7 Å². The zero-order chi connectivity index (χ0) is 20.5. The molecule has 2 aromatic rings. The molecule has 1 aliphatic carbocycles. The Bertz CT molecular complexity index is 802. The van der Waals surface area contributed by atoms with Crippen molar-refractivity contribution in [2.24, 2.45) is 10.7 Å². The Morgan fingerprint density at radius 1 is 1.10 bits per heavy atom. The second kappa shape index (κ2) is 10.1. The summed E-state index contributed by atoms with van der Waals surface area (Å²) in [4.78, 5) is 9.05. The van der Waals surface area contributed by atoms with Crippen LogP contribution < -0.4 is 20.5 Å². The quantitative estimate of drug-likeness (QED) is 0.528. The molecule has 1 aromatic carbocycles. The van der Waals surface area contributed by atoms with E-state index in [0.717, 1.165) is 43.0 Å². The average Bonchev–Trinajstić information content (AvgIpc) is 2.78. The maximum Gasteiger partial charge on any atom is 0.188 e. The van der Waals surface area contributed by atoms with Gasteiger partial charge < -0.3 is 20.5 Å². The Kier molecular flexibility index (Phi) is 7.33. The first-order chi connectivity index (χ1) is 14.2. The van der Waals surface area contributed by atoms with Crippen molar-refractivity contribution >= 4 is 5.96 Å². The third-order valence-electron chi connectivity index (χ3n) is 5.77. The molecule has 0 atom stereocenters. The molecule has 0 aliphatic heterocycles. The first-order valence-corrected chi connectivity index (χ1v) is 10.3. The van der Waals surface area contributed by atoms with E-state index >= 15 is 0 Å². The molecule has 0 amide bonds. The van der Waals surface area contributed by atoms with Crippen LogP contribution >= 0.6 is 0 Å². The summed E-state index contributed by atoms with van der Waals surface area (Å²) in [6, 6.07) is 12.2. The van der Waals surface area contributed by atoms with E-state index < -0.39 is 0 Å². The fraction of sp³-hybridized carbons (Fsp3) is 0.478. The van der Waals surface area contributed by atoms with Crippen LogP contribution in [0.3, 0.4) is 0 Å². The van der Waals surface area contributed by atoms with Gasteiger partial charge in [-0.25, -0.2) is 0 Å². The lowest BCUT2D eigenvalue weighted by molar-refractivity contribution is 0.298. The van der Waals surface area contributed by atoms with Gasteiger partial charge in [-0.1, -0.05) is 31.4 Å². The van der Waals surface area contributed by atoms with Crippen molar-refractivity contribution in [3.63, 3.8) is 0 Å². The molecule has 0 unspecified atom stereocenters. The molecule has 0 bridgehead atoms. The van der Waals surface area contributed by atoms with Crippen LogP contribution in [0.2, 0.25) is 0 Å². The zero-order valence-corrected chi connectivity index (χ0v) is 17.5. The number of hydrogen-bond donors (Lipinski definition) is 2. The molecule has 1 heterocycles. The van der Waals surface area contributed by atoms with Gasteiger partial charge >= 0.3 is 0 Å². The number of aliphatic imine (C=N–C) groups is 1. The zero-order valence-electron chi connectivity index (χ0n) is 17.5. The van der Waals surface area contributed by atoms with Crippen LogP contribution in [0.1, 0.15) is 43.4 Å². The van der Waals surface area contributed by atoms with Crippen molar-refractivity contribution in [1.29, 1.82) is 0 Å². The standard InChI is InChI=1S/C23H32N4O2/c1-28-20-10-9-18(16-21(20)29-2)23(12-5-3-6-13-23)17-27-22(24)26-15-11-19-8-4-7-14-25-19/h4,7-10,14,16H,3,5-6,11-13,15,17H2,1-2H3,(H3,24,26,27). The fourth-order valence-electron chi connectivity index (χ4n) is 4.09. The number of nitrogens with zero attached hydrogens (tertiary/aromatic N) is 2. The van der Waals surface area contributed by atoms with Crippen molar-refractivity contribution in [1.82, 2.24) is 10.3 Å². The smallest absolute Gasteiger partial charge is 0.188 e. The topological polar surface area (TPSA) is 81.8 Å². The van der Waals surface area contributed by atoms with E-state index in [9.17, 15) is 0 Å². The minimum absolute atomic E-state index is 0.00884. The van der Waals surface area contributed by atoms with Gasteiger partial charge in [0.05, 0.1) is 20.8 Å². The highest BCUT2D eigenvalue weighted by Crippen LogP contribution is 2.42. The fourth-order valence-corrected chi connectivity index (χ4v) is 4.09. The monoisotopic (exact) mass is 396 g/mol. The lowest BCUT2D eigenvalue weighted by Crippen LogP contribution is -2.37. The number of benzene rings is 1. The molecule has 0 radical (unpaired) electrons. The van der Waals surface area contributed by atoms with Gasteiger partial charge in [-0.2, -0.15) is 0 Å². The highest BCUT2D eigenvalue weighted by Gasteiger charge is 2.34. The van der Waals surface area contributed by atoms with Gasteiger partial charge in [0.1, 0.15) is 0 Å². The molecule has 1 aliphatic rings. The third kappa shape index (κ3) is 5.40. The number of rotatable bonds is 8. The minimum atomic E-state index is -0.00884. The second-order valence-electron chi connectivity index (χ2n) is 7.61. The summed E-state index contributed by atoms with van der Waals surface area (Å²) in [7, 11) is 3.34. The van der Waals surface area contributed by atoms with Gasteiger partial charge in [0.2, 0.25) is 0 Å². The van der Waals surface area contributed by atoms with Crippen LogP contribution in [0.25, 0.3) is 0 Å². The van der Waals surface area contributed by atoms with E-state index in [4.69, 9.17) is 20.2 Å². The molecule has 1 aromatic heterocycles. The van der Waals surface area contributed by atoms with Crippen LogP contribution in [0.4, 0.5) is 0 Å². The molecule has 29 heavy (non-hydrogen) atoms.